The normalized spacial score (nSPS) is 11.6. The Hall–Kier alpha value is -2.70. The Balaban J connectivity index is 1.45. The van der Waals surface area contributed by atoms with Gasteiger partial charge in [-0.1, -0.05) is 35.5 Å². The largest absolute Gasteiger partial charge is 0.355 e. The van der Waals surface area contributed by atoms with Crippen LogP contribution in [0.3, 0.4) is 0 Å². The first-order chi connectivity index (χ1) is 16.6. The van der Waals surface area contributed by atoms with Gasteiger partial charge in [0.25, 0.3) is 5.56 Å². The van der Waals surface area contributed by atoms with Gasteiger partial charge in [-0.25, -0.2) is 18.5 Å². The maximum atomic E-state index is 13.2. The molecule has 0 aliphatic rings. The molecule has 3 N–H and O–H groups in total. The molecular weight excluding hydrogens is 528 g/mol. The molecule has 1 amide bonds. The van der Waals surface area contributed by atoms with Crippen LogP contribution in [0.1, 0.15) is 11.1 Å². The van der Waals surface area contributed by atoms with Gasteiger partial charge < -0.3 is 5.32 Å². The molecule has 0 spiro atoms. The van der Waals surface area contributed by atoms with Crippen molar-refractivity contribution in [1.29, 1.82) is 0 Å². The van der Waals surface area contributed by atoms with Gasteiger partial charge >= 0.3 is 0 Å². The Bertz CT molecular complexity index is 1560. The highest BCUT2D eigenvalue weighted by atomic mass is 35.5. The molecule has 4 rings (SSSR count). The first kappa shape index (κ1) is 25.4. The van der Waals surface area contributed by atoms with Crippen LogP contribution in [-0.4, -0.2) is 36.2 Å². The van der Waals surface area contributed by atoms with Crippen molar-refractivity contribution >= 4 is 60.8 Å². The molecule has 0 aliphatic carbocycles. The predicted molar refractivity (Wildman–Crippen MR) is 140 cm³/mol. The van der Waals surface area contributed by atoms with Crippen molar-refractivity contribution in [2.45, 2.75) is 23.4 Å². The summed E-state index contributed by atoms with van der Waals surface area (Å²) >= 11 is 8.65. The molecule has 0 unspecified atom stereocenters. The lowest BCUT2D eigenvalue weighted by molar-refractivity contribution is -0.118. The van der Waals surface area contributed by atoms with Crippen LogP contribution < -0.4 is 16.0 Å². The van der Waals surface area contributed by atoms with Gasteiger partial charge in [-0.15, -0.1) is 11.3 Å². The van der Waals surface area contributed by atoms with Crippen molar-refractivity contribution in [1.82, 2.24) is 14.9 Å². The summed E-state index contributed by atoms with van der Waals surface area (Å²) in [6.07, 6.45) is 0.523. The summed E-state index contributed by atoms with van der Waals surface area (Å²) in [6, 6.07) is 13.3. The number of aromatic nitrogens is 2. The molecule has 8 nitrogen and oxygen atoms in total. The molecule has 182 valence electrons. The van der Waals surface area contributed by atoms with Gasteiger partial charge in [0.15, 0.2) is 5.16 Å². The summed E-state index contributed by atoms with van der Waals surface area (Å²) < 4.78 is 24.7. The molecule has 12 heteroatoms. The van der Waals surface area contributed by atoms with E-state index in [1.807, 2.05) is 18.4 Å². The summed E-state index contributed by atoms with van der Waals surface area (Å²) in [5.74, 6) is -0.145. The Morgan fingerprint density at radius 1 is 1.20 bits per heavy atom. The number of carbonyl (C=O) groups is 1. The number of halogens is 1. The summed E-state index contributed by atoms with van der Waals surface area (Å²) in [5, 5.41) is 10.8. The molecule has 2 heterocycles. The molecule has 0 saturated heterocycles. The molecule has 2 aromatic carbocycles. The van der Waals surface area contributed by atoms with E-state index < -0.39 is 10.0 Å². The quantitative estimate of drug-likeness (QED) is 0.256. The number of primary sulfonamides is 1. The highest BCUT2D eigenvalue weighted by molar-refractivity contribution is 7.99. The number of nitrogens with one attached hydrogen (secondary N) is 1. The summed E-state index contributed by atoms with van der Waals surface area (Å²) in [4.78, 5) is 30.3. The Morgan fingerprint density at radius 2 is 1.94 bits per heavy atom. The average molecular weight is 549 g/mol. The smallest absolute Gasteiger partial charge is 0.276 e. The van der Waals surface area contributed by atoms with Crippen LogP contribution in [0.25, 0.3) is 15.9 Å². The number of carbonyl (C=O) groups excluding carboxylic acids is 1. The molecule has 35 heavy (non-hydrogen) atoms. The number of hydrogen-bond acceptors (Lipinski definition) is 7. The fourth-order valence-corrected chi connectivity index (χ4v) is 5.59. The number of hydrogen-bond donors (Lipinski definition) is 2. The fourth-order valence-electron chi connectivity index (χ4n) is 3.36. The summed E-state index contributed by atoms with van der Waals surface area (Å²) in [7, 11) is -3.74. The molecule has 0 bridgehead atoms. The molecule has 0 radical (unpaired) electrons. The summed E-state index contributed by atoms with van der Waals surface area (Å²) in [6.45, 7) is 2.23. The average Bonchev–Trinajstić information content (AvgIpc) is 3.29. The number of aryl methyl sites for hydroxylation is 1. The van der Waals surface area contributed by atoms with Crippen LogP contribution in [0, 0.1) is 6.92 Å². The molecule has 2 aromatic heterocycles. The minimum absolute atomic E-state index is 0.0405. The van der Waals surface area contributed by atoms with Crippen LogP contribution in [0.5, 0.6) is 0 Å². The highest BCUT2D eigenvalue weighted by Gasteiger charge is 2.16. The lowest BCUT2D eigenvalue weighted by atomic mass is 10.1. The van der Waals surface area contributed by atoms with Crippen LogP contribution >= 0.6 is 34.7 Å². The lowest BCUT2D eigenvalue weighted by Gasteiger charge is -2.13. The van der Waals surface area contributed by atoms with E-state index in [0.717, 1.165) is 11.1 Å². The zero-order valence-electron chi connectivity index (χ0n) is 18.5. The molecular formula is C23H21ClN4O4S3. The topological polar surface area (TPSA) is 124 Å². The number of rotatable bonds is 8. The van der Waals surface area contributed by atoms with Crippen LogP contribution in [0.15, 0.2) is 68.8 Å². The van der Waals surface area contributed by atoms with Gasteiger partial charge in [0.2, 0.25) is 15.9 Å². The summed E-state index contributed by atoms with van der Waals surface area (Å²) in [5.41, 5.74) is 2.71. The van der Waals surface area contributed by atoms with Crippen molar-refractivity contribution in [3.63, 3.8) is 0 Å². The number of benzene rings is 2. The van der Waals surface area contributed by atoms with Gasteiger partial charge in [-0.3, -0.25) is 14.2 Å². The number of thiophene rings is 1. The second-order valence-corrected chi connectivity index (χ2v) is 11.5. The zero-order chi connectivity index (χ0) is 25.2. The molecule has 0 aliphatic heterocycles. The number of fused-ring (bicyclic) bond motifs is 1. The van der Waals surface area contributed by atoms with E-state index in [1.165, 1.54) is 39.8 Å². The highest BCUT2D eigenvalue weighted by Crippen LogP contribution is 2.25. The van der Waals surface area contributed by atoms with Crippen LogP contribution in [0.2, 0.25) is 5.02 Å². The second-order valence-electron chi connectivity index (χ2n) is 7.68. The predicted octanol–water partition coefficient (Wildman–Crippen LogP) is 3.51. The van der Waals surface area contributed by atoms with Crippen LogP contribution in [-0.2, 0) is 21.2 Å². The van der Waals surface area contributed by atoms with Crippen molar-refractivity contribution < 1.29 is 13.2 Å². The number of nitrogens with zero attached hydrogens (tertiary/aromatic N) is 2. The van der Waals surface area contributed by atoms with E-state index in [-0.39, 0.29) is 22.1 Å². The standard InChI is InChI=1S/C23H21ClN4O4S3/c1-14-12-16(4-7-18(14)24)28-22(30)21-19(9-11-33-21)27-23(28)34-13-20(29)26-10-8-15-2-5-17(6-3-15)35(25,31)32/h2-7,9,11-12H,8,10,13H2,1H3,(H,26,29)(H2,25,31,32). The third-order valence-electron chi connectivity index (χ3n) is 5.17. The van der Waals surface area contributed by atoms with E-state index in [9.17, 15) is 18.0 Å². The molecule has 0 saturated carbocycles. The number of amides is 1. The van der Waals surface area contributed by atoms with Crippen LogP contribution in [0.4, 0.5) is 0 Å². The Morgan fingerprint density at radius 3 is 2.63 bits per heavy atom. The monoisotopic (exact) mass is 548 g/mol. The van der Waals surface area contributed by atoms with E-state index >= 15 is 0 Å². The minimum Gasteiger partial charge on any atom is -0.355 e. The van der Waals surface area contributed by atoms with Crippen molar-refractivity contribution in [3.05, 3.63) is 80.4 Å². The number of thioether (sulfide) groups is 1. The minimum atomic E-state index is -3.74. The maximum Gasteiger partial charge on any atom is 0.276 e. The Labute approximate surface area is 215 Å². The van der Waals surface area contributed by atoms with Crippen molar-refractivity contribution in [2.24, 2.45) is 5.14 Å². The van der Waals surface area contributed by atoms with Gasteiger partial charge in [-0.05, 0) is 66.2 Å². The Kier molecular flexibility index (Phi) is 7.62. The van der Waals surface area contributed by atoms with Crippen molar-refractivity contribution in [3.8, 4) is 5.69 Å². The van der Waals surface area contributed by atoms with E-state index in [0.29, 0.717) is 39.0 Å². The van der Waals surface area contributed by atoms with E-state index in [2.05, 4.69) is 10.3 Å². The first-order valence-corrected chi connectivity index (χ1v) is 14.2. The fraction of sp³-hybridized carbons (Fsp3) is 0.174. The van der Waals surface area contributed by atoms with Gasteiger partial charge in [0, 0.05) is 11.6 Å². The second kappa shape index (κ2) is 10.5. The van der Waals surface area contributed by atoms with Gasteiger partial charge in [0.05, 0.1) is 21.9 Å². The number of sulfonamides is 1. The van der Waals surface area contributed by atoms with Crippen molar-refractivity contribution in [2.75, 3.05) is 12.3 Å². The van der Waals surface area contributed by atoms with E-state index in [1.54, 1.807) is 30.3 Å². The molecule has 0 atom stereocenters. The maximum absolute atomic E-state index is 13.2. The molecule has 4 aromatic rings. The third kappa shape index (κ3) is 5.93. The number of nitrogens with two attached hydrogens (primary N) is 1. The van der Waals surface area contributed by atoms with Gasteiger partial charge in [0.1, 0.15) is 4.70 Å². The third-order valence-corrected chi connectivity index (χ3v) is 8.35. The zero-order valence-corrected chi connectivity index (χ0v) is 21.7. The van der Waals surface area contributed by atoms with Gasteiger partial charge in [-0.2, -0.15) is 0 Å². The van der Waals surface area contributed by atoms with E-state index in [4.69, 9.17) is 16.7 Å². The lowest BCUT2D eigenvalue weighted by Crippen LogP contribution is -2.28. The first-order valence-electron chi connectivity index (χ1n) is 10.4. The SMILES string of the molecule is Cc1cc(-n2c(SCC(=O)NCCc3ccc(S(N)(=O)=O)cc3)nc3ccsc3c2=O)ccc1Cl. The molecule has 0 fully saturated rings.